The molecule has 19 heavy (non-hydrogen) atoms. The van der Waals surface area contributed by atoms with Gasteiger partial charge in [-0.1, -0.05) is 11.6 Å². The van der Waals surface area contributed by atoms with Crippen LogP contribution in [-0.4, -0.2) is 18.4 Å². The first-order valence-corrected chi connectivity index (χ1v) is 5.75. The quantitative estimate of drug-likeness (QED) is 0.806. The maximum absolute atomic E-state index is 11.8. The lowest BCUT2D eigenvalue weighted by molar-refractivity contribution is -0.120. The van der Waals surface area contributed by atoms with Gasteiger partial charge in [-0.05, 0) is 25.1 Å². The molecule has 0 bridgehead atoms. The predicted octanol–water partition coefficient (Wildman–Crippen LogP) is 2.19. The van der Waals surface area contributed by atoms with Gasteiger partial charge >= 0.3 is 5.97 Å². The standard InChI is InChI=1S/C13H9ClO5/c1-7(15)6-18-13(17)12-5-10(16)9-4-8(14)2-3-11(9)19-12/h2-5H,6H2,1H3. The zero-order valence-corrected chi connectivity index (χ0v) is 10.7. The van der Waals surface area contributed by atoms with E-state index >= 15 is 0 Å². The average Bonchev–Trinajstić information content (AvgIpc) is 2.36. The molecule has 0 aliphatic rings. The van der Waals surface area contributed by atoms with Crippen molar-refractivity contribution in [3.8, 4) is 0 Å². The molecule has 6 heteroatoms. The van der Waals surface area contributed by atoms with Crippen molar-refractivity contribution in [1.29, 1.82) is 0 Å². The number of Topliss-reactive ketones (excluding diaryl/α,β-unsaturated/α-hetero) is 1. The van der Waals surface area contributed by atoms with Gasteiger partial charge in [0, 0.05) is 11.1 Å². The Bertz CT molecular complexity index is 717. The largest absolute Gasteiger partial charge is 0.452 e. The maximum atomic E-state index is 11.8. The molecule has 0 N–H and O–H groups in total. The fourth-order valence-electron chi connectivity index (χ4n) is 1.47. The summed E-state index contributed by atoms with van der Waals surface area (Å²) in [5.74, 6) is -1.41. The van der Waals surface area contributed by atoms with E-state index in [1.807, 2.05) is 0 Å². The minimum absolute atomic E-state index is 0.228. The number of esters is 1. The molecule has 0 aliphatic carbocycles. The summed E-state index contributed by atoms with van der Waals surface area (Å²) < 4.78 is 9.92. The van der Waals surface area contributed by atoms with Crippen molar-refractivity contribution in [3.05, 3.63) is 45.3 Å². The van der Waals surface area contributed by atoms with E-state index in [4.69, 9.17) is 16.0 Å². The van der Waals surface area contributed by atoms with Crippen LogP contribution in [0.2, 0.25) is 5.02 Å². The lowest BCUT2D eigenvalue weighted by atomic mass is 10.2. The lowest BCUT2D eigenvalue weighted by Crippen LogP contribution is -2.13. The van der Waals surface area contributed by atoms with Gasteiger partial charge in [-0.25, -0.2) is 4.79 Å². The number of ketones is 1. The van der Waals surface area contributed by atoms with Gasteiger partial charge in [0.2, 0.25) is 5.76 Å². The first-order chi connectivity index (χ1) is 8.97. The molecule has 98 valence electrons. The normalized spacial score (nSPS) is 10.4. The van der Waals surface area contributed by atoms with Gasteiger partial charge in [-0.2, -0.15) is 0 Å². The molecule has 0 radical (unpaired) electrons. The minimum Gasteiger partial charge on any atom is -0.452 e. The van der Waals surface area contributed by atoms with Gasteiger partial charge in [0.15, 0.2) is 11.2 Å². The number of hydrogen-bond acceptors (Lipinski definition) is 5. The fraction of sp³-hybridized carbons (Fsp3) is 0.154. The molecule has 1 aromatic carbocycles. The highest BCUT2D eigenvalue weighted by Crippen LogP contribution is 2.17. The number of ether oxygens (including phenoxy) is 1. The minimum atomic E-state index is -0.857. The van der Waals surface area contributed by atoms with Crippen molar-refractivity contribution >= 4 is 34.3 Å². The van der Waals surface area contributed by atoms with Gasteiger partial charge in [0.05, 0.1) is 5.39 Å². The Labute approximate surface area is 112 Å². The van der Waals surface area contributed by atoms with Crippen LogP contribution in [0, 0.1) is 0 Å². The second-order valence-electron chi connectivity index (χ2n) is 3.89. The van der Waals surface area contributed by atoms with E-state index in [0.29, 0.717) is 5.02 Å². The van der Waals surface area contributed by atoms with E-state index in [9.17, 15) is 14.4 Å². The number of halogens is 1. The molecule has 0 unspecified atom stereocenters. The zero-order chi connectivity index (χ0) is 14.0. The average molecular weight is 281 g/mol. The Morgan fingerprint density at radius 1 is 1.32 bits per heavy atom. The predicted molar refractivity (Wildman–Crippen MR) is 68.5 cm³/mol. The van der Waals surface area contributed by atoms with Crippen molar-refractivity contribution in [2.45, 2.75) is 6.92 Å². The summed E-state index contributed by atoms with van der Waals surface area (Å²) in [6, 6.07) is 5.49. The van der Waals surface area contributed by atoms with Gasteiger partial charge in [-0.15, -0.1) is 0 Å². The zero-order valence-electron chi connectivity index (χ0n) is 9.94. The van der Waals surface area contributed by atoms with E-state index in [1.165, 1.54) is 25.1 Å². The first-order valence-electron chi connectivity index (χ1n) is 5.37. The van der Waals surface area contributed by atoms with Crippen molar-refractivity contribution in [2.75, 3.05) is 6.61 Å². The first kappa shape index (κ1) is 13.3. The SMILES string of the molecule is CC(=O)COC(=O)c1cc(=O)c2cc(Cl)ccc2o1. The van der Waals surface area contributed by atoms with Crippen LogP contribution in [0.25, 0.3) is 11.0 Å². The van der Waals surface area contributed by atoms with E-state index in [-0.39, 0.29) is 29.1 Å². The molecule has 0 amide bonds. The molecule has 2 rings (SSSR count). The van der Waals surface area contributed by atoms with Crippen LogP contribution in [0.1, 0.15) is 17.5 Å². The van der Waals surface area contributed by atoms with E-state index in [2.05, 4.69) is 4.74 Å². The second-order valence-corrected chi connectivity index (χ2v) is 4.33. The molecule has 2 aromatic rings. The summed E-state index contributed by atoms with van der Waals surface area (Å²) in [5.41, 5.74) is -0.176. The highest BCUT2D eigenvalue weighted by Gasteiger charge is 2.14. The molecule has 0 fully saturated rings. The second kappa shape index (κ2) is 5.24. The summed E-state index contributed by atoms with van der Waals surface area (Å²) in [5, 5.41) is 0.669. The van der Waals surface area contributed by atoms with Crippen molar-refractivity contribution < 1.29 is 18.7 Å². The Kier molecular flexibility index (Phi) is 3.66. The lowest BCUT2D eigenvalue weighted by Gasteiger charge is -2.03. The molecule has 0 aliphatic heterocycles. The molecule has 0 saturated heterocycles. The molecular formula is C13H9ClO5. The van der Waals surface area contributed by atoms with Gasteiger partial charge in [-0.3, -0.25) is 9.59 Å². The third-order valence-corrected chi connectivity index (χ3v) is 2.53. The Hall–Kier alpha value is -2.14. The number of carbonyl (C=O) groups is 2. The van der Waals surface area contributed by atoms with E-state index in [1.54, 1.807) is 0 Å². The van der Waals surface area contributed by atoms with E-state index < -0.39 is 11.4 Å². The maximum Gasteiger partial charge on any atom is 0.374 e. The summed E-state index contributed by atoms with van der Waals surface area (Å²) >= 11 is 5.77. The summed E-state index contributed by atoms with van der Waals surface area (Å²) in [7, 11) is 0. The van der Waals surface area contributed by atoms with E-state index in [0.717, 1.165) is 6.07 Å². The molecule has 0 atom stereocenters. The highest BCUT2D eigenvalue weighted by atomic mass is 35.5. The fourth-order valence-corrected chi connectivity index (χ4v) is 1.64. The van der Waals surface area contributed by atoms with Crippen LogP contribution >= 0.6 is 11.6 Å². The van der Waals surface area contributed by atoms with Crippen LogP contribution in [0.5, 0.6) is 0 Å². The van der Waals surface area contributed by atoms with Crippen LogP contribution in [0.15, 0.2) is 33.5 Å². The number of fused-ring (bicyclic) bond motifs is 1. The molecule has 0 saturated carbocycles. The Morgan fingerprint density at radius 2 is 2.05 bits per heavy atom. The summed E-state index contributed by atoms with van der Waals surface area (Å²) in [6.45, 7) is 0.924. The molecule has 0 spiro atoms. The monoisotopic (exact) mass is 280 g/mol. The van der Waals surface area contributed by atoms with Crippen LogP contribution in [0.3, 0.4) is 0 Å². The topological polar surface area (TPSA) is 73.6 Å². The van der Waals surface area contributed by atoms with Gasteiger partial charge in [0.1, 0.15) is 12.2 Å². The number of rotatable bonds is 3. The highest BCUT2D eigenvalue weighted by molar-refractivity contribution is 6.31. The molecule has 1 heterocycles. The van der Waals surface area contributed by atoms with Crippen LogP contribution in [0.4, 0.5) is 0 Å². The molecule has 5 nitrogen and oxygen atoms in total. The van der Waals surface area contributed by atoms with Crippen molar-refractivity contribution in [1.82, 2.24) is 0 Å². The number of carbonyl (C=O) groups excluding carboxylic acids is 2. The number of benzene rings is 1. The van der Waals surface area contributed by atoms with Crippen LogP contribution in [-0.2, 0) is 9.53 Å². The Morgan fingerprint density at radius 3 is 2.74 bits per heavy atom. The Balaban J connectivity index is 2.41. The summed E-state index contributed by atoms with van der Waals surface area (Å²) in [4.78, 5) is 34.1. The van der Waals surface area contributed by atoms with Gasteiger partial charge in [0.25, 0.3) is 0 Å². The number of hydrogen-bond donors (Lipinski definition) is 0. The molecule has 1 aromatic heterocycles. The van der Waals surface area contributed by atoms with Gasteiger partial charge < -0.3 is 9.15 Å². The van der Waals surface area contributed by atoms with Crippen molar-refractivity contribution in [3.63, 3.8) is 0 Å². The van der Waals surface area contributed by atoms with Crippen molar-refractivity contribution in [2.24, 2.45) is 0 Å². The third-order valence-electron chi connectivity index (χ3n) is 2.30. The third kappa shape index (κ3) is 3.00. The van der Waals surface area contributed by atoms with Crippen LogP contribution < -0.4 is 5.43 Å². The molecular weight excluding hydrogens is 272 g/mol. The summed E-state index contributed by atoms with van der Waals surface area (Å²) in [6.07, 6.45) is 0. The smallest absolute Gasteiger partial charge is 0.374 e.